The number of rotatable bonds is 7. The smallest absolute Gasteiger partial charge is 0.230 e. The van der Waals surface area contributed by atoms with Gasteiger partial charge in [0.25, 0.3) is 0 Å². The molecule has 1 aliphatic rings. The molecule has 4 nitrogen and oxygen atoms in total. The average molecular weight is 325 g/mol. The Bertz CT molecular complexity index is 705. The standard InChI is InChI=1S/C20H23NO3/c1-23-17-8-6-16(7-9-17)20(11-12-20)19(22)21-13-10-15-4-3-5-18(14-15)24-2/h3-9,14H,10-13H2,1-2H3,(H,21,22). The minimum absolute atomic E-state index is 0.121. The van der Waals surface area contributed by atoms with Gasteiger partial charge in [-0.3, -0.25) is 4.79 Å². The largest absolute Gasteiger partial charge is 0.497 e. The quantitative estimate of drug-likeness (QED) is 0.851. The Morgan fingerprint density at radius 3 is 2.38 bits per heavy atom. The van der Waals surface area contributed by atoms with Crippen LogP contribution in [0.2, 0.25) is 0 Å². The fraction of sp³-hybridized carbons (Fsp3) is 0.350. The van der Waals surface area contributed by atoms with Gasteiger partial charge in [0.2, 0.25) is 5.91 Å². The molecule has 0 heterocycles. The van der Waals surface area contributed by atoms with Crippen molar-refractivity contribution in [2.24, 2.45) is 0 Å². The van der Waals surface area contributed by atoms with Crippen LogP contribution < -0.4 is 14.8 Å². The lowest BCUT2D eigenvalue weighted by Gasteiger charge is -2.16. The Hall–Kier alpha value is -2.49. The van der Waals surface area contributed by atoms with E-state index in [9.17, 15) is 4.79 Å². The molecule has 1 saturated carbocycles. The summed E-state index contributed by atoms with van der Waals surface area (Å²) in [5.74, 6) is 1.78. The Kier molecular flexibility index (Phi) is 4.74. The van der Waals surface area contributed by atoms with E-state index in [1.54, 1.807) is 14.2 Å². The summed E-state index contributed by atoms with van der Waals surface area (Å²) < 4.78 is 10.4. The van der Waals surface area contributed by atoms with Crippen molar-refractivity contribution in [2.75, 3.05) is 20.8 Å². The van der Waals surface area contributed by atoms with Crippen LogP contribution in [0.3, 0.4) is 0 Å². The molecule has 0 aromatic heterocycles. The molecule has 0 atom stereocenters. The zero-order valence-electron chi connectivity index (χ0n) is 14.2. The highest BCUT2D eigenvalue weighted by molar-refractivity contribution is 5.91. The molecular formula is C20H23NO3. The van der Waals surface area contributed by atoms with E-state index in [-0.39, 0.29) is 11.3 Å². The van der Waals surface area contributed by atoms with Gasteiger partial charge in [-0.25, -0.2) is 0 Å². The normalized spacial score (nSPS) is 14.8. The molecule has 0 bridgehead atoms. The van der Waals surface area contributed by atoms with Crippen LogP contribution in [0.25, 0.3) is 0 Å². The van der Waals surface area contributed by atoms with Crippen molar-refractivity contribution in [3.05, 3.63) is 59.7 Å². The Balaban J connectivity index is 1.58. The predicted molar refractivity (Wildman–Crippen MR) is 93.6 cm³/mol. The van der Waals surface area contributed by atoms with Gasteiger partial charge >= 0.3 is 0 Å². The van der Waals surface area contributed by atoms with Crippen molar-refractivity contribution in [3.63, 3.8) is 0 Å². The number of ether oxygens (including phenoxy) is 2. The molecule has 4 heteroatoms. The lowest BCUT2D eigenvalue weighted by Crippen LogP contribution is -2.35. The van der Waals surface area contributed by atoms with Gasteiger partial charge in [-0.2, -0.15) is 0 Å². The number of carbonyl (C=O) groups is 1. The van der Waals surface area contributed by atoms with E-state index in [1.165, 1.54) is 0 Å². The van der Waals surface area contributed by atoms with E-state index in [4.69, 9.17) is 9.47 Å². The molecule has 1 fully saturated rings. The maximum Gasteiger partial charge on any atom is 0.230 e. The van der Waals surface area contributed by atoms with Gasteiger partial charge in [0.05, 0.1) is 19.6 Å². The van der Waals surface area contributed by atoms with Gasteiger partial charge in [0.15, 0.2) is 0 Å². The van der Waals surface area contributed by atoms with Crippen LogP contribution in [-0.4, -0.2) is 26.7 Å². The molecule has 0 saturated heterocycles. The molecule has 2 aromatic rings. The molecule has 0 spiro atoms. The van der Waals surface area contributed by atoms with Gasteiger partial charge in [0, 0.05) is 6.54 Å². The second-order valence-corrected chi connectivity index (χ2v) is 6.17. The predicted octanol–water partition coefficient (Wildman–Crippen LogP) is 3.09. The van der Waals surface area contributed by atoms with Crippen molar-refractivity contribution in [3.8, 4) is 11.5 Å². The SMILES string of the molecule is COc1ccc(C2(C(=O)NCCc3cccc(OC)c3)CC2)cc1. The minimum Gasteiger partial charge on any atom is -0.497 e. The summed E-state index contributed by atoms with van der Waals surface area (Å²) in [6.45, 7) is 0.629. The minimum atomic E-state index is -0.347. The summed E-state index contributed by atoms with van der Waals surface area (Å²) in [6.07, 6.45) is 2.61. The summed E-state index contributed by atoms with van der Waals surface area (Å²) in [7, 11) is 3.31. The lowest BCUT2D eigenvalue weighted by atomic mass is 9.95. The number of hydrogen-bond donors (Lipinski definition) is 1. The second-order valence-electron chi connectivity index (χ2n) is 6.17. The summed E-state index contributed by atoms with van der Waals surface area (Å²) >= 11 is 0. The van der Waals surface area contributed by atoms with Gasteiger partial charge < -0.3 is 14.8 Å². The summed E-state index contributed by atoms with van der Waals surface area (Å²) in [6, 6.07) is 15.8. The summed E-state index contributed by atoms with van der Waals surface area (Å²) in [4.78, 5) is 12.6. The molecule has 0 radical (unpaired) electrons. The van der Waals surface area contributed by atoms with Crippen LogP contribution >= 0.6 is 0 Å². The third-order valence-corrected chi connectivity index (χ3v) is 4.66. The van der Waals surface area contributed by atoms with E-state index >= 15 is 0 Å². The molecule has 24 heavy (non-hydrogen) atoms. The van der Waals surface area contributed by atoms with Crippen molar-refractivity contribution < 1.29 is 14.3 Å². The molecule has 0 unspecified atom stereocenters. The van der Waals surface area contributed by atoms with E-state index < -0.39 is 0 Å². The van der Waals surface area contributed by atoms with E-state index in [2.05, 4.69) is 5.32 Å². The third-order valence-electron chi connectivity index (χ3n) is 4.66. The Morgan fingerprint density at radius 2 is 1.75 bits per heavy atom. The van der Waals surface area contributed by atoms with Crippen molar-refractivity contribution >= 4 is 5.91 Å². The molecule has 0 aliphatic heterocycles. The van der Waals surface area contributed by atoms with E-state index in [1.807, 2.05) is 48.5 Å². The lowest BCUT2D eigenvalue weighted by molar-refractivity contribution is -0.123. The van der Waals surface area contributed by atoms with Crippen molar-refractivity contribution in [1.29, 1.82) is 0 Å². The summed E-state index contributed by atoms with van der Waals surface area (Å²) in [5, 5.41) is 3.09. The molecule has 1 N–H and O–H groups in total. The van der Waals surface area contributed by atoms with E-state index in [0.29, 0.717) is 6.54 Å². The van der Waals surface area contributed by atoms with Crippen LogP contribution in [0.15, 0.2) is 48.5 Å². The van der Waals surface area contributed by atoms with Gasteiger partial charge in [-0.1, -0.05) is 24.3 Å². The molecule has 1 amide bonds. The number of carbonyl (C=O) groups excluding carboxylic acids is 1. The van der Waals surface area contributed by atoms with Crippen LogP contribution in [-0.2, 0) is 16.6 Å². The van der Waals surface area contributed by atoms with Crippen LogP contribution in [0, 0.1) is 0 Å². The number of amides is 1. The summed E-state index contributed by atoms with van der Waals surface area (Å²) in [5.41, 5.74) is 1.88. The zero-order chi connectivity index (χ0) is 17.0. The first-order chi connectivity index (χ1) is 11.7. The van der Waals surface area contributed by atoms with Crippen LogP contribution in [0.5, 0.6) is 11.5 Å². The number of benzene rings is 2. The molecule has 3 rings (SSSR count). The average Bonchev–Trinajstić information content (AvgIpc) is 3.44. The van der Waals surface area contributed by atoms with Gasteiger partial charge in [-0.15, -0.1) is 0 Å². The van der Waals surface area contributed by atoms with Crippen molar-refractivity contribution in [1.82, 2.24) is 5.32 Å². The fourth-order valence-electron chi connectivity index (χ4n) is 3.00. The topological polar surface area (TPSA) is 47.6 Å². The monoisotopic (exact) mass is 325 g/mol. The molecule has 2 aromatic carbocycles. The number of hydrogen-bond acceptors (Lipinski definition) is 3. The maximum atomic E-state index is 12.6. The molecule has 126 valence electrons. The zero-order valence-corrected chi connectivity index (χ0v) is 14.2. The van der Waals surface area contributed by atoms with Crippen molar-refractivity contribution in [2.45, 2.75) is 24.7 Å². The highest BCUT2D eigenvalue weighted by Crippen LogP contribution is 2.48. The number of methoxy groups -OCH3 is 2. The maximum absolute atomic E-state index is 12.6. The number of nitrogens with one attached hydrogen (secondary N) is 1. The molecular weight excluding hydrogens is 302 g/mol. The highest BCUT2D eigenvalue weighted by Gasteiger charge is 2.50. The first-order valence-corrected chi connectivity index (χ1v) is 8.24. The van der Waals surface area contributed by atoms with E-state index in [0.717, 1.165) is 41.9 Å². The highest BCUT2D eigenvalue weighted by atomic mass is 16.5. The van der Waals surface area contributed by atoms with Gasteiger partial charge in [-0.05, 0) is 54.7 Å². The van der Waals surface area contributed by atoms with Crippen LogP contribution in [0.4, 0.5) is 0 Å². The fourth-order valence-corrected chi connectivity index (χ4v) is 3.00. The first-order valence-electron chi connectivity index (χ1n) is 8.24. The second kappa shape index (κ2) is 6.95. The Morgan fingerprint density at radius 1 is 1.04 bits per heavy atom. The van der Waals surface area contributed by atoms with Crippen LogP contribution in [0.1, 0.15) is 24.0 Å². The first kappa shape index (κ1) is 16.4. The Labute approximate surface area is 142 Å². The van der Waals surface area contributed by atoms with Gasteiger partial charge in [0.1, 0.15) is 11.5 Å². The molecule has 1 aliphatic carbocycles. The third kappa shape index (κ3) is 3.37.